The SMILES string of the molecule is CCCCC[C@H](CN(C=O)OCc1ccccc1)C(=O)NCNC(=O)c1ccc(-c2ccc(CN)c(C)c2)o1. The Labute approximate surface area is 229 Å². The van der Waals surface area contributed by atoms with Crippen molar-refractivity contribution in [1.29, 1.82) is 0 Å². The number of nitrogens with zero attached hydrogens (tertiary/aromatic N) is 1. The Kier molecular flexibility index (Phi) is 11.7. The van der Waals surface area contributed by atoms with Crippen molar-refractivity contribution in [3.8, 4) is 11.3 Å². The zero-order valence-corrected chi connectivity index (χ0v) is 22.7. The summed E-state index contributed by atoms with van der Waals surface area (Å²) in [5.41, 5.74) is 9.60. The van der Waals surface area contributed by atoms with E-state index < -0.39 is 11.8 Å². The van der Waals surface area contributed by atoms with Crippen LogP contribution in [0.5, 0.6) is 0 Å². The Balaban J connectivity index is 1.53. The van der Waals surface area contributed by atoms with E-state index in [0.717, 1.165) is 46.6 Å². The quantitative estimate of drug-likeness (QED) is 0.109. The first kappa shape index (κ1) is 29.6. The molecule has 2 aromatic carbocycles. The van der Waals surface area contributed by atoms with Crippen LogP contribution in [0.2, 0.25) is 0 Å². The number of unbranched alkanes of at least 4 members (excludes halogenated alkanes) is 2. The van der Waals surface area contributed by atoms with Crippen LogP contribution in [0.25, 0.3) is 11.3 Å². The zero-order chi connectivity index (χ0) is 28.0. The molecule has 1 atom stereocenters. The summed E-state index contributed by atoms with van der Waals surface area (Å²) in [5, 5.41) is 6.58. The molecule has 0 aliphatic rings. The van der Waals surface area contributed by atoms with Gasteiger partial charge >= 0.3 is 0 Å². The molecule has 4 N–H and O–H groups in total. The van der Waals surface area contributed by atoms with Crippen molar-refractivity contribution < 1.29 is 23.6 Å². The van der Waals surface area contributed by atoms with Crippen molar-refractivity contribution in [2.24, 2.45) is 11.7 Å². The van der Waals surface area contributed by atoms with Gasteiger partial charge in [0.15, 0.2) is 5.76 Å². The van der Waals surface area contributed by atoms with Crippen LogP contribution in [-0.2, 0) is 27.6 Å². The van der Waals surface area contributed by atoms with E-state index >= 15 is 0 Å². The highest BCUT2D eigenvalue weighted by atomic mass is 16.7. The van der Waals surface area contributed by atoms with E-state index in [9.17, 15) is 14.4 Å². The fourth-order valence-corrected chi connectivity index (χ4v) is 4.16. The lowest BCUT2D eigenvalue weighted by Crippen LogP contribution is -2.43. The molecule has 9 heteroatoms. The highest BCUT2D eigenvalue weighted by molar-refractivity contribution is 5.92. The lowest BCUT2D eigenvalue weighted by atomic mass is 10.0. The van der Waals surface area contributed by atoms with Gasteiger partial charge in [-0.25, -0.2) is 5.06 Å². The van der Waals surface area contributed by atoms with Gasteiger partial charge in [-0.2, -0.15) is 0 Å². The summed E-state index contributed by atoms with van der Waals surface area (Å²) in [5.74, 6) is -0.487. The van der Waals surface area contributed by atoms with E-state index in [0.29, 0.717) is 25.1 Å². The number of rotatable bonds is 16. The van der Waals surface area contributed by atoms with Crippen LogP contribution >= 0.6 is 0 Å². The van der Waals surface area contributed by atoms with Crippen LogP contribution in [0.3, 0.4) is 0 Å². The van der Waals surface area contributed by atoms with Gasteiger partial charge in [-0.1, -0.05) is 68.7 Å². The molecule has 39 heavy (non-hydrogen) atoms. The maximum atomic E-state index is 13.0. The van der Waals surface area contributed by atoms with Crippen molar-refractivity contribution in [3.63, 3.8) is 0 Å². The summed E-state index contributed by atoms with van der Waals surface area (Å²) in [6.45, 7) is 4.78. The number of hydrogen-bond donors (Lipinski definition) is 3. The lowest BCUT2D eigenvalue weighted by molar-refractivity contribution is -0.182. The first-order valence-electron chi connectivity index (χ1n) is 13.3. The van der Waals surface area contributed by atoms with Gasteiger partial charge in [0, 0.05) is 12.1 Å². The monoisotopic (exact) mass is 534 g/mol. The Morgan fingerprint density at radius 3 is 2.56 bits per heavy atom. The molecule has 0 bridgehead atoms. The highest BCUT2D eigenvalue weighted by Crippen LogP contribution is 2.24. The van der Waals surface area contributed by atoms with Crippen LogP contribution in [0, 0.1) is 12.8 Å². The third-order valence-electron chi connectivity index (χ3n) is 6.47. The van der Waals surface area contributed by atoms with Crippen LogP contribution in [0.4, 0.5) is 0 Å². The molecule has 0 aliphatic heterocycles. The molecular formula is C30H38N4O5. The molecule has 0 saturated heterocycles. The predicted molar refractivity (Wildman–Crippen MR) is 149 cm³/mol. The molecule has 1 aromatic heterocycles. The molecule has 9 nitrogen and oxygen atoms in total. The maximum Gasteiger partial charge on any atom is 0.288 e. The number of nitrogens with two attached hydrogens (primary N) is 1. The van der Waals surface area contributed by atoms with Gasteiger partial charge in [-0.05, 0) is 48.2 Å². The number of hydrogen-bond acceptors (Lipinski definition) is 6. The highest BCUT2D eigenvalue weighted by Gasteiger charge is 2.22. The van der Waals surface area contributed by atoms with Crippen molar-refractivity contribution in [2.75, 3.05) is 13.2 Å². The average Bonchev–Trinajstić information content (AvgIpc) is 3.45. The maximum absolute atomic E-state index is 13.0. The third-order valence-corrected chi connectivity index (χ3v) is 6.47. The summed E-state index contributed by atoms with van der Waals surface area (Å²) >= 11 is 0. The van der Waals surface area contributed by atoms with Crippen molar-refractivity contribution >= 4 is 18.2 Å². The summed E-state index contributed by atoms with van der Waals surface area (Å²) in [6, 6.07) is 18.6. The molecule has 3 amide bonds. The second-order valence-electron chi connectivity index (χ2n) is 9.39. The number of benzene rings is 2. The number of amides is 3. The van der Waals surface area contributed by atoms with Gasteiger partial charge in [0.25, 0.3) is 5.91 Å². The number of carbonyl (C=O) groups is 3. The molecule has 0 fully saturated rings. The fourth-order valence-electron chi connectivity index (χ4n) is 4.16. The van der Waals surface area contributed by atoms with E-state index in [-0.39, 0.29) is 31.5 Å². The number of hydroxylamine groups is 2. The minimum atomic E-state index is -0.482. The number of furan rings is 1. The fraction of sp³-hybridized carbons (Fsp3) is 0.367. The summed E-state index contributed by atoms with van der Waals surface area (Å²) < 4.78 is 5.74. The van der Waals surface area contributed by atoms with Crippen molar-refractivity contribution in [2.45, 2.75) is 52.7 Å². The standard InChI is InChI=1S/C30H38N4O5/c1-3-4-6-11-26(18-34(21-35)38-19-23-9-7-5-8-10-23)29(36)32-20-33-30(37)28-15-14-27(39-28)24-12-13-25(17-31)22(2)16-24/h5,7-10,12-16,21,26H,3-4,6,11,17-20,31H2,1-2H3,(H,32,36)(H,33,37)/t26-/m1/s1. The normalized spacial score (nSPS) is 11.6. The molecule has 208 valence electrons. The smallest absolute Gasteiger partial charge is 0.288 e. The predicted octanol–water partition coefficient (Wildman–Crippen LogP) is 4.30. The van der Waals surface area contributed by atoms with Crippen LogP contribution in [-0.4, -0.2) is 36.5 Å². The minimum absolute atomic E-state index is 0.0752. The van der Waals surface area contributed by atoms with E-state index in [4.69, 9.17) is 15.0 Å². The topological polar surface area (TPSA) is 127 Å². The molecule has 0 aliphatic carbocycles. The summed E-state index contributed by atoms with van der Waals surface area (Å²) in [4.78, 5) is 42.8. The van der Waals surface area contributed by atoms with E-state index in [1.54, 1.807) is 12.1 Å². The van der Waals surface area contributed by atoms with Crippen molar-refractivity contribution in [3.05, 3.63) is 83.1 Å². The van der Waals surface area contributed by atoms with Gasteiger partial charge in [0.2, 0.25) is 12.3 Å². The lowest BCUT2D eigenvalue weighted by Gasteiger charge is -2.23. The van der Waals surface area contributed by atoms with Crippen LogP contribution in [0.1, 0.15) is 59.9 Å². The third kappa shape index (κ3) is 9.08. The first-order valence-corrected chi connectivity index (χ1v) is 13.3. The van der Waals surface area contributed by atoms with Gasteiger partial charge in [0.05, 0.1) is 19.1 Å². The Morgan fingerprint density at radius 1 is 1.08 bits per heavy atom. The van der Waals surface area contributed by atoms with Crippen LogP contribution < -0.4 is 16.4 Å². The number of carbonyl (C=O) groups excluding carboxylic acids is 3. The molecule has 3 aromatic rings. The largest absolute Gasteiger partial charge is 0.451 e. The van der Waals surface area contributed by atoms with Crippen molar-refractivity contribution in [1.82, 2.24) is 15.7 Å². The first-order chi connectivity index (χ1) is 18.9. The molecular weight excluding hydrogens is 496 g/mol. The molecule has 0 spiro atoms. The average molecular weight is 535 g/mol. The van der Waals surface area contributed by atoms with Gasteiger partial charge in [-0.3, -0.25) is 19.2 Å². The Hall–Kier alpha value is -3.95. The van der Waals surface area contributed by atoms with E-state index in [1.807, 2.05) is 55.5 Å². The molecule has 0 radical (unpaired) electrons. The molecule has 0 unspecified atom stereocenters. The minimum Gasteiger partial charge on any atom is -0.451 e. The number of aryl methyl sites for hydroxylation is 1. The number of nitrogens with one attached hydrogen (secondary N) is 2. The van der Waals surface area contributed by atoms with E-state index in [1.165, 1.54) is 0 Å². The van der Waals surface area contributed by atoms with Gasteiger partial charge < -0.3 is 20.8 Å². The van der Waals surface area contributed by atoms with E-state index in [2.05, 4.69) is 17.6 Å². The second-order valence-corrected chi connectivity index (χ2v) is 9.39. The van der Waals surface area contributed by atoms with Crippen LogP contribution in [0.15, 0.2) is 65.1 Å². The zero-order valence-electron chi connectivity index (χ0n) is 22.7. The Bertz CT molecular complexity index is 1210. The van der Waals surface area contributed by atoms with Gasteiger partial charge in [0.1, 0.15) is 12.4 Å². The Morgan fingerprint density at radius 2 is 1.87 bits per heavy atom. The molecule has 3 rings (SSSR count). The molecule has 1 heterocycles. The summed E-state index contributed by atoms with van der Waals surface area (Å²) in [6.07, 6.45) is 4.00. The summed E-state index contributed by atoms with van der Waals surface area (Å²) in [7, 11) is 0. The van der Waals surface area contributed by atoms with Gasteiger partial charge in [-0.15, -0.1) is 0 Å². The molecule has 0 saturated carbocycles. The second kappa shape index (κ2) is 15.5.